The van der Waals surface area contributed by atoms with E-state index in [2.05, 4.69) is 0 Å². The molecule has 1 aromatic carbocycles. The van der Waals surface area contributed by atoms with Gasteiger partial charge in [-0.15, -0.1) is 0 Å². The lowest BCUT2D eigenvalue weighted by atomic mass is 10.2. The number of ether oxygens (including phenoxy) is 2. The molecule has 18 heavy (non-hydrogen) atoms. The monoisotopic (exact) mass is 250 g/mol. The Kier molecular flexibility index (Phi) is 3.14. The van der Waals surface area contributed by atoms with Gasteiger partial charge in [-0.3, -0.25) is 0 Å². The van der Waals surface area contributed by atoms with Crippen molar-refractivity contribution in [1.82, 2.24) is 0 Å². The summed E-state index contributed by atoms with van der Waals surface area (Å²) in [6, 6.07) is 5.21. The van der Waals surface area contributed by atoms with Crippen LogP contribution in [0.1, 0.15) is 24.4 Å². The molecule has 2 rings (SSSR count). The zero-order valence-electron chi connectivity index (χ0n) is 10.4. The van der Waals surface area contributed by atoms with Crippen molar-refractivity contribution >= 4 is 16.9 Å². The molecule has 0 aliphatic rings. The van der Waals surface area contributed by atoms with Gasteiger partial charge in [-0.1, -0.05) is 6.07 Å². The van der Waals surface area contributed by atoms with Gasteiger partial charge in [0, 0.05) is 0 Å². The second-order valence-electron chi connectivity index (χ2n) is 4.07. The smallest absolute Gasteiger partial charge is 0.375 e. The van der Waals surface area contributed by atoms with Crippen LogP contribution in [0.15, 0.2) is 22.6 Å². The fraction of sp³-hybridized carbons (Fsp3) is 0.308. The van der Waals surface area contributed by atoms with Crippen molar-refractivity contribution in [2.45, 2.75) is 20.0 Å². The molecule has 1 aromatic heterocycles. The van der Waals surface area contributed by atoms with Gasteiger partial charge in [0.2, 0.25) is 0 Å². The molecule has 0 bridgehead atoms. The van der Waals surface area contributed by atoms with Crippen molar-refractivity contribution in [2.24, 2.45) is 0 Å². The number of carbonyl (C=O) groups is 1. The minimum Gasteiger partial charge on any atom is -0.493 e. The van der Waals surface area contributed by atoms with E-state index in [1.807, 2.05) is 13.8 Å². The van der Waals surface area contributed by atoms with E-state index in [1.54, 1.807) is 18.2 Å². The maximum absolute atomic E-state index is 11.2. The summed E-state index contributed by atoms with van der Waals surface area (Å²) in [7, 11) is 1.50. The SMILES string of the molecule is COc1cccc2c(OC(C)C)c(C(=O)O)oc12. The Bertz CT molecular complexity index is 582. The lowest BCUT2D eigenvalue weighted by molar-refractivity contribution is 0.0656. The molecule has 0 aliphatic heterocycles. The Morgan fingerprint density at radius 2 is 2.11 bits per heavy atom. The average molecular weight is 250 g/mol. The third-order valence-electron chi connectivity index (χ3n) is 2.40. The van der Waals surface area contributed by atoms with Gasteiger partial charge in [0.05, 0.1) is 18.6 Å². The van der Waals surface area contributed by atoms with Crippen molar-refractivity contribution in [3.63, 3.8) is 0 Å². The van der Waals surface area contributed by atoms with E-state index in [0.717, 1.165) is 0 Å². The lowest BCUT2D eigenvalue weighted by Crippen LogP contribution is -2.08. The van der Waals surface area contributed by atoms with Crippen LogP contribution in [0.4, 0.5) is 0 Å². The number of fused-ring (bicyclic) bond motifs is 1. The topological polar surface area (TPSA) is 68.9 Å². The summed E-state index contributed by atoms with van der Waals surface area (Å²) >= 11 is 0. The zero-order chi connectivity index (χ0) is 13.3. The predicted octanol–water partition coefficient (Wildman–Crippen LogP) is 2.93. The second kappa shape index (κ2) is 4.60. The average Bonchev–Trinajstić information content (AvgIpc) is 2.67. The molecule has 1 N–H and O–H groups in total. The number of hydrogen-bond acceptors (Lipinski definition) is 4. The highest BCUT2D eigenvalue weighted by Gasteiger charge is 2.24. The quantitative estimate of drug-likeness (QED) is 0.903. The second-order valence-corrected chi connectivity index (χ2v) is 4.07. The van der Waals surface area contributed by atoms with Crippen LogP contribution in [-0.2, 0) is 0 Å². The highest BCUT2D eigenvalue weighted by Crippen LogP contribution is 2.38. The lowest BCUT2D eigenvalue weighted by Gasteiger charge is -2.08. The first kappa shape index (κ1) is 12.3. The van der Waals surface area contributed by atoms with Crippen LogP contribution in [0.25, 0.3) is 11.0 Å². The van der Waals surface area contributed by atoms with Crippen molar-refractivity contribution in [1.29, 1.82) is 0 Å². The Balaban J connectivity index is 2.71. The molecular weight excluding hydrogens is 236 g/mol. The first-order valence-electron chi connectivity index (χ1n) is 5.54. The summed E-state index contributed by atoms with van der Waals surface area (Å²) in [4.78, 5) is 11.2. The summed E-state index contributed by atoms with van der Waals surface area (Å²) < 4.78 is 16.0. The van der Waals surface area contributed by atoms with E-state index in [-0.39, 0.29) is 17.6 Å². The van der Waals surface area contributed by atoms with Crippen molar-refractivity contribution in [3.8, 4) is 11.5 Å². The van der Waals surface area contributed by atoms with Crippen molar-refractivity contribution < 1.29 is 23.8 Å². The molecule has 2 aromatic rings. The summed E-state index contributed by atoms with van der Waals surface area (Å²) in [5.41, 5.74) is 0.382. The van der Waals surface area contributed by atoms with Gasteiger partial charge in [-0.2, -0.15) is 0 Å². The summed E-state index contributed by atoms with van der Waals surface area (Å²) in [6.07, 6.45) is -0.143. The van der Waals surface area contributed by atoms with Gasteiger partial charge in [-0.05, 0) is 26.0 Å². The summed E-state index contributed by atoms with van der Waals surface area (Å²) in [6.45, 7) is 3.65. The molecule has 1 heterocycles. The van der Waals surface area contributed by atoms with Crippen LogP contribution in [-0.4, -0.2) is 24.3 Å². The van der Waals surface area contributed by atoms with Gasteiger partial charge in [-0.25, -0.2) is 4.79 Å². The molecule has 0 fully saturated rings. The zero-order valence-corrected chi connectivity index (χ0v) is 10.4. The molecule has 0 saturated carbocycles. The molecular formula is C13H14O5. The van der Waals surface area contributed by atoms with E-state index in [4.69, 9.17) is 19.0 Å². The minimum atomic E-state index is -1.16. The fourth-order valence-corrected chi connectivity index (χ4v) is 1.72. The van der Waals surface area contributed by atoms with Crippen molar-refractivity contribution in [2.75, 3.05) is 7.11 Å². The number of aromatic carboxylic acids is 1. The third kappa shape index (κ3) is 1.99. The summed E-state index contributed by atoms with van der Waals surface area (Å²) in [5.74, 6) is -0.646. The number of furan rings is 1. The number of carboxylic acid groups (broad SMARTS) is 1. The van der Waals surface area contributed by atoms with E-state index < -0.39 is 5.97 Å². The molecule has 0 atom stereocenters. The van der Waals surface area contributed by atoms with Gasteiger partial charge < -0.3 is 19.0 Å². The maximum atomic E-state index is 11.2. The number of para-hydroxylation sites is 1. The Morgan fingerprint density at radius 1 is 1.39 bits per heavy atom. The molecule has 0 amide bonds. The highest BCUT2D eigenvalue weighted by atomic mass is 16.5. The number of benzene rings is 1. The molecule has 5 heteroatoms. The molecule has 0 aliphatic carbocycles. The van der Waals surface area contributed by atoms with E-state index >= 15 is 0 Å². The molecule has 0 radical (unpaired) electrons. The van der Waals surface area contributed by atoms with E-state index in [1.165, 1.54) is 7.11 Å². The Labute approximate surface area is 104 Å². The standard InChI is InChI=1S/C13H14O5/c1-7(2)17-11-8-5-4-6-9(16-3)10(8)18-12(11)13(14)15/h4-7H,1-3H3,(H,14,15). The third-order valence-corrected chi connectivity index (χ3v) is 2.40. The fourth-order valence-electron chi connectivity index (χ4n) is 1.72. The number of hydrogen-bond donors (Lipinski definition) is 1. The van der Waals surface area contributed by atoms with Crippen LogP contribution in [0, 0.1) is 0 Å². The maximum Gasteiger partial charge on any atom is 0.375 e. The largest absolute Gasteiger partial charge is 0.493 e. The van der Waals surface area contributed by atoms with Gasteiger partial charge >= 0.3 is 5.97 Å². The summed E-state index contributed by atoms with van der Waals surface area (Å²) in [5, 5.41) is 9.73. The molecule has 0 unspecified atom stereocenters. The minimum absolute atomic E-state index is 0.143. The molecule has 0 saturated heterocycles. The Morgan fingerprint density at radius 3 is 2.67 bits per heavy atom. The normalized spacial score (nSPS) is 10.9. The van der Waals surface area contributed by atoms with Crippen molar-refractivity contribution in [3.05, 3.63) is 24.0 Å². The molecule has 96 valence electrons. The number of carboxylic acids is 1. The van der Waals surface area contributed by atoms with E-state index in [9.17, 15) is 4.79 Å². The number of rotatable bonds is 4. The van der Waals surface area contributed by atoms with Crippen LogP contribution in [0.2, 0.25) is 0 Å². The predicted molar refractivity (Wildman–Crippen MR) is 65.5 cm³/mol. The first-order valence-corrected chi connectivity index (χ1v) is 5.54. The van der Waals surface area contributed by atoms with Gasteiger partial charge in [0.1, 0.15) is 0 Å². The molecule has 0 spiro atoms. The first-order chi connectivity index (χ1) is 8.54. The number of methoxy groups -OCH3 is 1. The van der Waals surface area contributed by atoms with Gasteiger partial charge in [0.25, 0.3) is 5.76 Å². The van der Waals surface area contributed by atoms with Gasteiger partial charge in [0.15, 0.2) is 17.1 Å². The van der Waals surface area contributed by atoms with Crippen LogP contribution in [0.3, 0.4) is 0 Å². The molecule has 5 nitrogen and oxygen atoms in total. The van der Waals surface area contributed by atoms with Crippen LogP contribution < -0.4 is 9.47 Å². The van der Waals surface area contributed by atoms with Crippen LogP contribution >= 0.6 is 0 Å². The highest BCUT2D eigenvalue weighted by molar-refractivity contribution is 5.99. The van der Waals surface area contributed by atoms with E-state index in [0.29, 0.717) is 16.7 Å². The Hall–Kier alpha value is -2.17. The van der Waals surface area contributed by atoms with Crippen LogP contribution in [0.5, 0.6) is 11.5 Å².